The van der Waals surface area contributed by atoms with Crippen molar-refractivity contribution in [3.63, 3.8) is 0 Å². The lowest BCUT2D eigenvalue weighted by Crippen LogP contribution is -2.14. The van der Waals surface area contributed by atoms with E-state index in [1.807, 2.05) is 12.1 Å². The van der Waals surface area contributed by atoms with E-state index < -0.39 is 0 Å². The first kappa shape index (κ1) is 13.8. The highest BCUT2D eigenvalue weighted by Gasteiger charge is 2.15. The molecule has 0 saturated heterocycles. The van der Waals surface area contributed by atoms with Gasteiger partial charge in [0.15, 0.2) is 0 Å². The third kappa shape index (κ3) is 2.68. The summed E-state index contributed by atoms with van der Waals surface area (Å²) in [4.78, 5) is 0. The van der Waals surface area contributed by atoms with Crippen LogP contribution in [0.15, 0.2) is 45.3 Å². The van der Waals surface area contributed by atoms with Crippen molar-refractivity contribution in [1.29, 1.82) is 0 Å². The highest BCUT2D eigenvalue weighted by atomic mass is 79.9. The normalized spacial score (nSPS) is 12.5. The zero-order valence-corrected chi connectivity index (χ0v) is 13.5. The van der Waals surface area contributed by atoms with Crippen molar-refractivity contribution in [3.05, 3.63) is 67.6 Å². The van der Waals surface area contributed by atoms with E-state index in [9.17, 15) is 0 Å². The minimum absolute atomic E-state index is 0.113. The second kappa shape index (κ2) is 5.55. The van der Waals surface area contributed by atoms with Crippen LogP contribution in [0.2, 0.25) is 0 Å². The quantitative estimate of drug-likeness (QED) is 0.803. The van der Waals surface area contributed by atoms with Crippen LogP contribution in [0, 0.1) is 13.8 Å². The van der Waals surface area contributed by atoms with E-state index in [1.54, 1.807) is 0 Å². The van der Waals surface area contributed by atoms with Gasteiger partial charge in [-0.1, -0.05) is 56.1 Å². The number of hydrogen-bond donors (Lipinski definition) is 1. The van der Waals surface area contributed by atoms with Crippen molar-refractivity contribution in [2.45, 2.75) is 19.9 Å². The number of rotatable bonds is 2. The monoisotopic (exact) mass is 367 g/mol. The fraction of sp³-hybridized carbons (Fsp3) is 0.200. The van der Waals surface area contributed by atoms with Crippen LogP contribution < -0.4 is 5.73 Å². The molecule has 1 atom stereocenters. The Morgan fingerprint density at radius 2 is 1.56 bits per heavy atom. The highest BCUT2D eigenvalue weighted by Crippen LogP contribution is 2.32. The van der Waals surface area contributed by atoms with Gasteiger partial charge in [0.1, 0.15) is 0 Å². The molecule has 0 bridgehead atoms. The summed E-state index contributed by atoms with van der Waals surface area (Å²) in [6.45, 7) is 4.16. The Labute approximate surface area is 125 Å². The fourth-order valence-corrected chi connectivity index (χ4v) is 3.07. The Hall–Kier alpha value is -0.640. The lowest BCUT2D eigenvalue weighted by atomic mass is 9.95. The minimum atomic E-state index is -0.113. The molecular formula is C15H15Br2N. The van der Waals surface area contributed by atoms with Gasteiger partial charge in [-0.15, -0.1) is 0 Å². The number of hydrogen-bond acceptors (Lipinski definition) is 1. The third-order valence-corrected chi connectivity index (χ3v) is 4.68. The van der Waals surface area contributed by atoms with Gasteiger partial charge < -0.3 is 5.73 Å². The first-order valence-corrected chi connectivity index (χ1v) is 7.36. The Bertz CT molecular complexity index is 579. The van der Waals surface area contributed by atoms with Gasteiger partial charge in [-0.2, -0.15) is 0 Å². The Kier molecular flexibility index (Phi) is 4.25. The smallest absolute Gasteiger partial charge is 0.0565 e. The summed E-state index contributed by atoms with van der Waals surface area (Å²) >= 11 is 7.17. The Morgan fingerprint density at radius 1 is 0.889 bits per heavy atom. The fourth-order valence-electron chi connectivity index (χ4n) is 2.00. The average molecular weight is 369 g/mol. The van der Waals surface area contributed by atoms with Gasteiger partial charge in [-0.05, 0) is 48.2 Å². The minimum Gasteiger partial charge on any atom is -0.320 e. The van der Waals surface area contributed by atoms with Crippen molar-refractivity contribution in [1.82, 2.24) is 0 Å². The zero-order chi connectivity index (χ0) is 13.3. The van der Waals surface area contributed by atoms with Gasteiger partial charge in [-0.25, -0.2) is 0 Å². The largest absolute Gasteiger partial charge is 0.320 e. The van der Waals surface area contributed by atoms with Crippen LogP contribution in [0.4, 0.5) is 0 Å². The average Bonchev–Trinajstić information content (AvgIpc) is 2.33. The summed E-state index contributed by atoms with van der Waals surface area (Å²) in [5, 5.41) is 0. The molecule has 0 saturated carbocycles. The number of nitrogens with two attached hydrogens (primary N) is 1. The van der Waals surface area contributed by atoms with Crippen molar-refractivity contribution >= 4 is 31.9 Å². The molecule has 0 aliphatic carbocycles. The molecule has 3 heteroatoms. The van der Waals surface area contributed by atoms with Crippen LogP contribution >= 0.6 is 31.9 Å². The molecule has 0 fully saturated rings. The van der Waals surface area contributed by atoms with Crippen LogP contribution in [-0.4, -0.2) is 0 Å². The predicted molar refractivity (Wildman–Crippen MR) is 83.8 cm³/mol. The van der Waals surface area contributed by atoms with Crippen molar-refractivity contribution in [2.75, 3.05) is 0 Å². The topological polar surface area (TPSA) is 26.0 Å². The highest BCUT2D eigenvalue weighted by molar-refractivity contribution is 9.11. The van der Waals surface area contributed by atoms with Gasteiger partial charge >= 0.3 is 0 Å². The maximum Gasteiger partial charge on any atom is 0.0565 e. The van der Waals surface area contributed by atoms with E-state index in [2.05, 4.69) is 70.0 Å². The molecule has 2 N–H and O–H groups in total. The van der Waals surface area contributed by atoms with Gasteiger partial charge in [-0.3, -0.25) is 0 Å². The van der Waals surface area contributed by atoms with Gasteiger partial charge in [0.2, 0.25) is 0 Å². The van der Waals surface area contributed by atoms with Crippen LogP contribution in [0.25, 0.3) is 0 Å². The molecule has 2 aromatic carbocycles. The van der Waals surface area contributed by atoms with Gasteiger partial charge in [0.05, 0.1) is 6.04 Å². The molecule has 94 valence electrons. The second-order valence-corrected chi connectivity index (χ2v) is 6.17. The van der Waals surface area contributed by atoms with Gasteiger partial charge in [0.25, 0.3) is 0 Å². The molecule has 2 rings (SSSR count). The molecule has 1 nitrogen and oxygen atoms in total. The summed E-state index contributed by atoms with van der Waals surface area (Å²) in [5.74, 6) is 0. The SMILES string of the molecule is Cc1cc(Br)c(C(N)c2ccccc2C)cc1Br. The van der Waals surface area contributed by atoms with E-state index in [1.165, 1.54) is 11.1 Å². The van der Waals surface area contributed by atoms with E-state index in [-0.39, 0.29) is 6.04 Å². The number of aryl methyl sites for hydroxylation is 2. The summed E-state index contributed by atoms with van der Waals surface area (Å²) in [6, 6.07) is 12.3. The molecule has 0 amide bonds. The molecule has 0 aliphatic heterocycles. The van der Waals surface area contributed by atoms with E-state index >= 15 is 0 Å². The molecule has 18 heavy (non-hydrogen) atoms. The van der Waals surface area contributed by atoms with Crippen molar-refractivity contribution in [3.8, 4) is 0 Å². The molecule has 0 spiro atoms. The molecule has 0 aromatic heterocycles. The third-order valence-electron chi connectivity index (χ3n) is 3.14. The summed E-state index contributed by atoms with van der Waals surface area (Å²) in [7, 11) is 0. The van der Waals surface area contributed by atoms with E-state index in [0.717, 1.165) is 20.1 Å². The molecule has 2 aromatic rings. The zero-order valence-electron chi connectivity index (χ0n) is 10.4. The molecule has 0 radical (unpaired) electrons. The second-order valence-electron chi connectivity index (χ2n) is 4.46. The molecule has 1 unspecified atom stereocenters. The van der Waals surface area contributed by atoms with E-state index in [0.29, 0.717) is 0 Å². The summed E-state index contributed by atoms with van der Waals surface area (Å²) < 4.78 is 2.14. The predicted octanol–water partition coefficient (Wildman–Crippen LogP) is 4.88. The molecule has 0 aliphatic rings. The lowest BCUT2D eigenvalue weighted by molar-refractivity contribution is 0.854. The maximum atomic E-state index is 6.39. The lowest BCUT2D eigenvalue weighted by Gasteiger charge is -2.18. The molecular weight excluding hydrogens is 354 g/mol. The summed E-state index contributed by atoms with van der Waals surface area (Å²) in [6.07, 6.45) is 0. The maximum absolute atomic E-state index is 6.39. The molecule has 0 heterocycles. The standard InChI is InChI=1S/C15H15Br2N/c1-9-5-3-4-6-11(9)15(18)12-8-13(16)10(2)7-14(12)17/h3-8,15H,18H2,1-2H3. The van der Waals surface area contributed by atoms with Crippen LogP contribution in [-0.2, 0) is 0 Å². The Balaban J connectivity index is 2.50. The van der Waals surface area contributed by atoms with Crippen molar-refractivity contribution in [2.24, 2.45) is 5.73 Å². The van der Waals surface area contributed by atoms with Gasteiger partial charge in [0, 0.05) is 8.95 Å². The Morgan fingerprint density at radius 3 is 2.22 bits per heavy atom. The van der Waals surface area contributed by atoms with Crippen molar-refractivity contribution < 1.29 is 0 Å². The number of halogens is 2. The van der Waals surface area contributed by atoms with Crippen LogP contribution in [0.5, 0.6) is 0 Å². The summed E-state index contributed by atoms with van der Waals surface area (Å²) in [5.41, 5.74) is 11.1. The van der Waals surface area contributed by atoms with E-state index in [4.69, 9.17) is 5.73 Å². The first-order valence-electron chi connectivity index (χ1n) is 5.77. The first-order chi connectivity index (χ1) is 8.50. The van der Waals surface area contributed by atoms with Crippen LogP contribution in [0.1, 0.15) is 28.3 Å². The van der Waals surface area contributed by atoms with Crippen LogP contribution in [0.3, 0.4) is 0 Å². The number of benzene rings is 2.